The van der Waals surface area contributed by atoms with Gasteiger partial charge >= 0.3 is 0 Å². The highest BCUT2D eigenvalue weighted by molar-refractivity contribution is 6.66. The predicted octanol–water partition coefficient (Wildman–Crippen LogP) is 7.68. The molecule has 1 saturated carbocycles. The quantitative estimate of drug-likeness (QED) is 0.166. The van der Waals surface area contributed by atoms with Gasteiger partial charge in [-0.1, -0.05) is 69.6 Å². The topological polar surface area (TPSA) is 74.8 Å². The molecule has 6 nitrogen and oxygen atoms in total. The van der Waals surface area contributed by atoms with E-state index in [9.17, 15) is 19.2 Å². The van der Waals surface area contributed by atoms with Crippen molar-refractivity contribution in [2.24, 2.45) is 11.8 Å². The Kier molecular flexibility index (Phi) is 8.37. The molecule has 0 N–H and O–H groups in total. The maximum absolute atomic E-state index is 14.2. The van der Waals surface area contributed by atoms with Gasteiger partial charge in [-0.05, 0) is 55.0 Å². The molecule has 15 heteroatoms. The smallest absolute Gasteiger partial charge is 0.273 e. The molecular weight excluding hydrogens is 723 g/mol. The van der Waals surface area contributed by atoms with Crippen molar-refractivity contribution in [1.29, 1.82) is 0 Å². The van der Waals surface area contributed by atoms with Gasteiger partial charge in [0.2, 0.25) is 0 Å². The highest BCUT2D eigenvalue weighted by Crippen LogP contribution is 2.77. The molecule has 2 bridgehead atoms. The van der Waals surface area contributed by atoms with Crippen LogP contribution >= 0.6 is 104 Å². The Morgan fingerprint density at radius 1 is 0.756 bits per heavy atom. The molecule has 1 saturated heterocycles. The van der Waals surface area contributed by atoms with Crippen molar-refractivity contribution in [3.05, 3.63) is 79.8 Å². The number of alkyl halides is 5. The van der Waals surface area contributed by atoms with Gasteiger partial charge in [-0.2, -0.15) is 5.01 Å². The summed E-state index contributed by atoms with van der Waals surface area (Å²) in [5, 5.41) is 1.41. The average molecular weight is 738 g/mol. The minimum atomic E-state index is -2.18. The molecule has 41 heavy (non-hydrogen) atoms. The minimum absolute atomic E-state index is 0.0120. The molecule has 0 aromatic heterocycles. The van der Waals surface area contributed by atoms with E-state index in [4.69, 9.17) is 104 Å². The SMILES string of the molecule is O=C(c1ccc(Cl)cc1)[C@H](CCCl)N(C(=O)c1ccc(Cl)cc1)N1C(=O)[C@@H]2[C@@H](C1=O)[C@@]1(Cl)C(Cl)=C(Cl)[C@@]2(Cl)C1(Cl)Cl. The fraction of sp³-hybridized carbons (Fsp3) is 0.308. The summed E-state index contributed by atoms with van der Waals surface area (Å²) in [5.41, 5.74) is 0.159. The lowest BCUT2D eigenvalue weighted by atomic mass is 9.84. The summed E-state index contributed by atoms with van der Waals surface area (Å²) in [5.74, 6) is -6.68. The van der Waals surface area contributed by atoms with Crippen molar-refractivity contribution < 1.29 is 19.2 Å². The monoisotopic (exact) mass is 734 g/mol. The molecule has 2 aromatic carbocycles. The molecule has 3 aliphatic rings. The molecule has 2 aromatic rings. The number of fused-ring (bicyclic) bond motifs is 5. The van der Waals surface area contributed by atoms with Crippen LogP contribution in [-0.4, -0.2) is 59.5 Å². The van der Waals surface area contributed by atoms with E-state index in [0.29, 0.717) is 15.1 Å². The summed E-state index contributed by atoms with van der Waals surface area (Å²) in [6, 6.07) is 10.0. The average Bonchev–Trinajstić information content (AvgIpc) is 3.32. The predicted molar refractivity (Wildman–Crippen MR) is 162 cm³/mol. The fourth-order valence-corrected chi connectivity index (χ4v) is 8.95. The van der Waals surface area contributed by atoms with Crippen molar-refractivity contribution in [1.82, 2.24) is 10.0 Å². The first-order valence-electron chi connectivity index (χ1n) is 11.8. The molecule has 2 aliphatic carbocycles. The number of hydrogen-bond acceptors (Lipinski definition) is 4. The second-order valence-electron chi connectivity index (χ2n) is 9.59. The van der Waals surface area contributed by atoms with Crippen LogP contribution in [0, 0.1) is 11.8 Å². The van der Waals surface area contributed by atoms with E-state index in [2.05, 4.69) is 0 Å². The maximum Gasteiger partial charge on any atom is 0.273 e. The Hall–Kier alpha value is -0.930. The number of ketones is 1. The summed E-state index contributed by atoms with van der Waals surface area (Å²) >= 11 is 57.8. The van der Waals surface area contributed by atoms with Gasteiger partial charge in [-0.15, -0.1) is 34.8 Å². The van der Waals surface area contributed by atoms with Crippen LogP contribution in [0.5, 0.6) is 0 Å². The van der Waals surface area contributed by atoms with E-state index in [1.165, 1.54) is 48.5 Å². The third kappa shape index (κ3) is 4.27. The zero-order valence-electron chi connectivity index (χ0n) is 20.2. The number of rotatable bonds is 7. The first-order chi connectivity index (χ1) is 19.2. The normalized spacial score (nSPS) is 28.8. The van der Waals surface area contributed by atoms with Crippen LogP contribution in [0.15, 0.2) is 58.6 Å². The molecule has 2 fully saturated rings. The number of nitrogens with zero attached hydrogens (tertiary/aromatic N) is 2. The van der Waals surface area contributed by atoms with Gasteiger partial charge in [0.15, 0.2) is 10.1 Å². The molecular formula is C26H15Cl9N2O4. The Morgan fingerprint density at radius 3 is 1.59 bits per heavy atom. The highest BCUT2D eigenvalue weighted by Gasteiger charge is 2.88. The highest BCUT2D eigenvalue weighted by atomic mass is 35.5. The summed E-state index contributed by atoms with van der Waals surface area (Å²) in [4.78, 5) is 52.1. The van der Waals surface area contributed by atoms with Gasteiger partial charge < -0.3 is 0 Å². The van der Waals surface area contributed by atoms with Gasteiger partial charge in [0.1, 0.15) is 15.8 Å². The Bertz CT molecular complexity index is 1470. The molecule has 0 unspecified atom stereocenters. The fourth-order valence-electron chi connectivity index (χ4n) is 5.56. The standard InChI is InChI=1S/C26H15Cl9N2O4/c27-10-9-15(18(38)11-1-5-13(28)6-2-11)36(21(39)12-3-7-14(29)8-4-12)37-22(40)16-17(23(37)41)25(33)20(31)19(30)24(16,32)26(25,34)35/h1-8,15-17H,9-10H2/t15-,16-,17-,24+,25+/m0/s1. The number of hydrogen-bond donors (Lipinski definition) is 0. The van der Waals surface area contributed by atoms with E-state index in [1.54, 1.807) is 0 Å². The number of carbonyl (C=O) groups excluding carboxylic acids is 4. The molecule has 3 amide bonds. The van der Waals surface area contributed by atoms with E-state index in [1.807, 2.05) is 0 Å². The zero-order valence-corrected chi connectivity index (χ0v) is 27.0. The van der Waals surface area contributed by atoms with Crippen LogP contribution in [-0.2, 0) is 9.59 Å². The molecule has 0 radical (unpaired) electrons. The third-order valence-corrected chi connectivity index (χ3v) is 12.5. The molecule has 0 spiro atoms. The summed E-state index contributed by atoms with van der Waals surface area (Å²) < 4.78 is -2.18. The molecule has 216 valence electrons. The summed E-state index contributed by atoms with van der Waals surface area (Å²) in [6.45, 7) is 0. The summed E-state index contributed by atoms with van der Waals surface area (Å²) in [7, 11) is 0. The zero-order chi connectivity index (χ0) is 30.2. The minimum Gasteiger partial charge on any atom is -0.292 e. The lowest BCUT2D eigenvalue weighted by Crippen LogP contribution is -2.60. The Morgan fingerprint density at radius 2 is 1.17 bits per heavy atom. The van der Waals surface area contributed by atoms with E-state index in [-0.39, 0.29) is 33.5 Å². The first kappa shape index (κ1) is 31.5. The van der Waals surface area contributed by atoms with Gasteiger partial charge in [-0.25, -0.2) is 5.01 Å². The van der Waals surface area contributed by atoms with Crippen molar-refractivity contribution in [2.45, 2.75) is 26.5 Å². The second-order valence-corrected chi connectivity index (χ2v) is 14.1. The number of Topliss-reactive ketones (excluding diaryl/α,β-unsaturated/α-hetero) is 1. The number of amides is 3. The van der Waals surface area contributed by atoms with Crippen molar-refractivity contribution in [2.75, 3.05) is 5.88 Å². The van der Waals surface area contributed by atoms with Crippen molar-refractivity contribution in [3.8, 4) is 0 Å². The van der Waals surface area contributed by atoms with E-state index in [0.717, 1.165) is 5.01 Å². The third-order valence-electron chi connectivity index (χ3n) is 7.51. The molecule has 5 rings (SSSR count). The first-order valence-corrected chi connectivity index (χ1v) is 15.4. The Balaban J connectivity index is 1.67. The van der Waals surface area contributed by atoms with Crippen LogP contribution < -0.4 is 0 Å². The van der Waals surface area contributed by atoms with Crippen LogP contribution in [0.4, 0.5) is 0 Å². The van der Waals surface area contributed by atoms with Gasteiger partial charge in [-0.3, -0.25) is 19.2 Å². The van der Waals surface area contributed by atoms with Crippen molar-refractivity contribution in [3.63, 3.8) is 0 Å². The van der Waals surface area contributed by atoms with E-state index >= 15 is 0 Å². The van der Waals surface area contributed by atoms with Crippen LogP contribution in [0.3, 0.4) is 0 Å². The molecule has 1 heterocycles. The maximum atomic E-state index is 14.2. The number of halogens is 9. The number of carbonyl (C=O) groups is 4. The second kappa shape index (κ2) is 10.9. The van der Waals surface area contributed by atoms with Gasteiger partial charge in [0.25, 0.3) is 17.7 Å². The lowest BCUT2D eigenvalue weighted by Gasteiger charge is -2.39. The largest absolute Gasteiger partial charge is 0.292 e. The van der Waals surface area contributed by atoms with Gasteiger partial charge in [0, 0.05) is 27.1 Å². The molecule has 5 atom stereocenters. The van der Waals surface area contributed by atoms with E-state index < -0.39 is 55.5 Å². The number of benzene rings is 2. The van der Waals surface area contributed by atoms with Gasteiger partial charge in [0.05, 0.1) is 21.9 Å². The number of imide groups is 1. The Labute approximate surface area is 279 Å². The molecule has 1 aliphatic heterocycles. The number of hydrazine groups is 1. The van der Waals surface area contributed by atoms with Crippen LogP contribution in [0.25, 0.3) is 0 Å². The van der Waals surface area contributed by atoms with Crippen molar-refractivity contribution >= 4 is 128 Å². The number of allylic oxidation sites excluding steroid dienone is 2. The van der Waals surface area contributed by atoms with Crippen LogP contribution in [0.1, 0.15) is 27.1 Å². The van der Waals surface area contributed by atoms with Crippen LogP contribution in [0.2, 0.25) is 10.0 Å². The lowest BCUT2D eigenvalue weighted by molar-refractivity contribution is -0.157. The summed E-state index contributed by atoms with van der Waals surface area (Å²) in [6.07, 6.45) is -0.151.